The van der Waals surface area contributed by atoms with E-state index in [1.165, 1.54) is 0 Å². The third-order valence-corrected chi connectivity index (χ3v) is 2.95. The van der Waals surface area contributed by atoms with Crippen LogP contribution in [0.25, 0.3) is 0 Å². The molecule has 1 saturated heterocycles. The minimum absolute atomic E-state index is 0.206. The zero-order chi connectivity index (χ0) is 13.9. The van der Waals surface area contributed by atoms with E-state index in [9.17, 15) is 9.59 Å². The Bertz CT molecular complexity index is 579. The van der Waals surface area contributed by atoms with E-state index in [1.807, 2.05) is 18.2 Å². The molecule has 1 aromatic rings. The van der Waals surface area contributed by atoms with E-state index < -0.39 is 11.8 Å². The monoisotopic (exact) mass is 275 g/mol. The Balaban J connectivity index is 1.60. The molecule has 0 spiro atoms. The van der Waals surface area contributed by atoms with Gasteiger partial charge in [-0.3, -0.25) is 25.2 Å². The number of benzene rings is 1. The van der Waals surface area contributed by atoms with Crippen LogP contribution >= 0.6 is 0 Å². The summed E-state index contributed by atoms with van der Waals surface area (Å²) in [6, 6.07) is 5.73. The highest BCUT2D eigenvalue weighted by Crippen LogP contribution is 2.30. The highest BCUT2D eigenvalue weighted by Gasteiger charge is 2.24. The number of ether oxygens (including phenoxy) is 2. The third-order valence-electron chi connectivity index (χ3n) is 2.95. The number of aliphatic imine (C=N–C) groups is 1. The molecule has 7 heteroatoms. The fourth-order valence-electron chi connectivity index (χ4n) is 1.98. The van der Waals surface area contributed by atoms with Gasteiger partial charge in [-0.25, -0.2) is 0 Å². The zero-order valence-electron chi connectivity index (χ0n) is 10.6. The summed E-state index contributed by atoms with van der Waals surface area (Å²) in [6.07, 6.45) is 0.673. The van der Waals surface area contributed by atoms with Crippen LogP contribution in [-0.4, -0.2) is 37.5 Å². The minimum Gasteiger partial charge on any atom is -0.486 e. The van der Waals surface area contributed by atoms with E-state index in [-0.39, 0.29) is 5.96 Å². The van der Waals surface area contributed by atoms with Crippen molar-refractivity contribution in [2.24, 2.45) is 4.99 Å². The molecule has 20 heavy (non-hydrogen) atoms. The molecule has 0 atom stereocenters. The van der Waals surface area contributed by atoms with Gasteiger partial charge >= 0.3 is 11.8 Å². The lowest BCUT2D eigenvalue weighted by molar-refractivity contribution is -0.135. The molecule has 7 nitrogen and oxygen atoms in total. The van der Waals surface area contributed by atoms with Gasteiger partial charge in [0, 0.05) is 6.54 Å². The second-order valence-electron chi connectivity index (χ2n) is 4.37. The molecule has 3 rings (SSSR count). The Hall–Kier alpha value is -2.57. The van der Waals surface area contributed by atoms with Crippen molar-refractivity contribution in [2.45, 2.75) is 6.42 Å². The molecule has 2 heterocycles. The van der Waals surface area contributed by atoms with Gasteiger partial charge in [0.05, 0.1) is 0 Å². The fourth-order valence-corrected chi connectivity index (χ4v) is 1.98. The molecule has 0 aliphatic carbocycles. The molecule has 0 radical (unpaired) electrons. The first-order valence-electron chi connectivity index (χ1n) is 6.28. The van der Waals surface area contributed by atoms with Crippen molar-refractivity contribution < 1.29 is 19.1 Å². The predicted molar refractivity (Wildman–Crippen MR) is 69.7 cm³/mol. The molecule has 0 bridgehead atoms. The van der Waals surface area contributed by atoms with Crippen molar-refractivity contribution in [1.29, 1.82) is 0 Å². The molecule has 1 aromatic carbocycles. The van der Waals surface area contributed by atoms with Gasteiger partial charge in [0.2, 0.25) is 5.96 Å². The summed E-state index contributed by atoms with van der Waals surface area (Å²) >= 11 is 0. The van der Waals surface area contributed by atoms with Crippen LogP contribution in [0.2, 0.25) is 0 Å². The number of carbonyl (C=O) groups excluding carboxylic acids is 2. The lowest BCUT2D eigenvalue weighted by Gasteiger charge is -2.18. The van der Waals surface area contributed by atoms with Crippen molar-refractivity contribution in [3.63, 3.8) is 0 Å². The van der Waals surface area contributed by atoms with Crippen molar-refractivity contribution in [3.05, 3.63) is 23.8 Å². The molecule has 1 fully saturated rings. The van der Waals surface area contributed by atoms with E-state index in [2.05, 4.69) is 15.6 Å². The Morgan fingerprint density at radius 1 is 1.05 bits per heavy atom. The highest BCUT2D eigenvalue weighted by molar-refractivity contribution is 6.45. The van der Waals surface area contributed by atoms with Gasteiger partial charge in [0.15, 0.2) is 11.5 Å². The average molecular weight is 275 g/mol. The Labute approximate surface area is 115 Å². The molecule has 0 saturated carbocycles. The maximum Gasteiger partial charge on any atom is 0.316 e. The Morgan fingerprint density at radius 3 is 2.50 bits per heavy atom. The fraction of sp³-hybridized carbons (Fsp3) is 0.308. The van der Waals surface area contributed by atoms with Crippen LogP contribution in [0.5, 0.6) is 11.5 Å². The molecule has 0 unspecified atom stereocenters. The molecular formula is C13H13N3O4. The summed E-state index contributed by atoms with van der Waals surface area (Å²) < 4.78 is 10.9. The molecule has 0 aromatic heterocycles. The van der Waals surface area contributed by atoms with Crippen LogP contribution in [0.4, 0.5) is 0 Å². The molecule has 2 N–H and O–H groups in total. The summed E-state index contributed by atoms with van der Waals surface area (Å²) in [5.74, 6) is 0.342. The van der Waals surface area contributed by atoms with E-state index in [4.69, 9.17) is 9.47 Å². The second-order valence-corrected chi connectivity index (χ2v) is 4.37. The first kappa shape index (κ1) is 12.5. The third kappa shape index (κ3) is 2.56. The van der Waals surface area contributed by atoms with Crippen LogP contribution in [0.15, 0.2) is 23.2 Å². The lowest BCUT2D eigenvalue weighted by atomic mass is 10.1. The van der Waals surface area contributed by atoms with Crippen LogP contribution in [-0.2, 0) is 16.0 Å². The van der Waals surface area contributed by atoms with Gasteiger partial charge in [-0.1, -0.05) is 6.07 Å². The first-order valence-corrected chi connectivity index (χ1v) is 6.28. The van der Waals surface area contributed by atoms with Gasteiger partial charge in [-0.15, -0.1) is 0 Å². The number of fused-ring (bicyclic) bond motifs is 1. The molecular weight excluding hydrogens is 262 g/mol. The summed E-state index contributed by atoms with van der Waals surface area (Å²) in [6.45, 7) is 1.58. The largest absolute Gasteiger partial charge is 0.486 e. The maximum atomic E-state index is 10.9. The Morgan fingerprint density at radius 2 is 1.75 bits per heavy atom. The van der Waals surface area contributed by atoms with Crippen molar-refractivity contribution in [1.82, 2.24) is 10.6 Å². The van der Waals surface area contributed by atoms with Gasteiger partial charge in [-0.2, -0.15) is 0 Å². The number of guanidine groups is 1. The number of hydrogen-bond acceptors (Lipinski definition) is 5. The normalized spacial score (nSPS) is 16.7. The molecule has 2 amide bonds. The summed E-state index contributed by atoms with van der Waals surface area (Å²) in [5.41, 5.74) is 1.05. The topological polar surface area (TPSA) is 89.0 Å². The SMILES string of the molecule is O=C1NC(=NCCc2ccc3c(c2)OCCO3)NC1=O. The number of carbonyl (C=O) groups is 2. The highest BCUT2D eigenvalue weighted by atomic mass is 16.6. The van der Waals surface area contributed by atoms with Gasteiger partial charge < -0.3 is 9.47 Å². The van der Waals surface area contributed by atoms with Crippen molar-refractivity contribution in [3.8, 4) is 11.5 Å². The van der Waals surface area contributed by atoms with E-state index in [0.717, 1.165) is 17.1 Å². The quantitative estimate of drug-likeness (QED) is 0.735. The molecule has 104 valence electrons. The molecule has 2 aliphatic heterocycles. The second kappa shape index (κ2) is 5.20. The lowest BCUT2D eigenvalue weighted by Crippen LogP contribution is -2.26. The smallest absolute Gasteiger partial charge is 0.316 e. The van der Waals surface area contributed by atoms with E-state index in [1.54, 1.807) is 0 Å². The van der Waals surface area contributed by atoms with Gasteiger partial charge in [0.25, 0.3) is 0 Å². The minimum atomic E-state index is -0.678. The predicted octanol–water partition coefficient (Wildman–Crippen LogP) is -0.398. The standard InChI is InChI=1S/C13H13N3O4/c17-11-12(18)16-13(15-11)14-4-3-8-1-2-9-10(7-8)20-6-5-19-9/h1-2,7H,3-6H2,(H2,14,15,16,17,18). The summed E-state index contributed by atoms with van der Waals surface area (Å²) in [7, 11) is 0. The number of rotatable bonds is 3. The van der Waals surface area contributed by atoms with Crippen molar-refractivity contribution >= 4 is 17.8 Å². The van der Waals surface area contributed by atoms with Crippen LogP contribution in [0, 0.1) is 0 Å². The zero-order valence-corrected chi connectivity index (χ0v) is 10.6. The van der Waals surface area contributed by atoms with Gasteiger partial charge in [0.1, 0.15) is 13.2 Å². The van der Waals surface area contributed by atoms with E-state index in [0.29, 0.717) is 26.2 Å². The summed E-state index contributed by atoms with van der Waals surface area (Å²) in [5, 5.41) is 4.69. The summed E-state index contributed by atoms with van der Waals surface area (Å²) in [4.78, 5) is 26.0. The van der Waals surface area contributed by atoms with E-state index >= 15 is 0 Å². The van der Waals surface area contributed by atoms with Crippen LogP contribution in [0.1, 0.15) is 5.56 Å². The average Bonchev–Trinajstić information content (AvgIpc) is 2.77. The number of amides is 2. The Kier molecular flexibility index (Phi) is 3.24. The number of nitrogens with one attached hydrogen (secondary N) is 2. The van der Waals surface area contributed by atoms with Gasteiger partial charge in [-0.05, 0) is 24.1 Å². The number of nitrogens with zero attached hydrogens (tertiary/aromatic N) is 1. The van der Waals surface area contributed by atoms with Crippen LogP contribution in [0.3, 0.4) is 0 Å². The first-order chi connectivity index (χ1) is 9.72. The van der Waals surface area contributed by atoms with Crippen LogP contribution < -0.4 is 20.1 Å². The maximum absolute atomic E-state index is 10.9. The number of hydrogen-bond donors (Lipinski definition) is 2. The molecule has 2 aliphatic rings. The van der Waals surface area contributed by atoms with Crippen molar-refractivity contribution in [2.75, 3.05) is 19.8 Å².